The van der Waals surface area contributed by atoms with E-state index in [0.717, 1.165) is 0 Å². The van der Waals surface area contributed by atoms with Crippen molar-refractivity contribution in [2.24, 2.45) is 0 Å². The SMILES string of the molecule is Cc1nc(C(=O)Nc2ccncc2Br)n[nH]1. The molecular weight excluding hydrogens is 274 g/mol. The van der Waals surface area contributed by atoms with Crippen LogP contribution in [0.5, 0.6) is 0 Å². The molecule has 0 aliphatic carbocycles. The summed E-state index contributed by atoms with van der Waals surface area (Å²) in [7, 11) is 0. The highest BCUT2D eigenvalue weighted by atomic mass is 79.9. The first-order valence-electron chi connectivity index (χ1n) is 4.46. The molecule has 2 aromatic heterocycles. The van der Waals surface area contributed by atoms with Gasteiger partial charge >= 0.3 is 0 Å². The Bertz CT molecular complexity index is 524. The minimum Gasteiger partial charge on any atom is -0.318 e. The van der Waals surface area contributed by atoms with Crippen LogP contribution in [-0.4, -0.2) is 26.1 Å². The number of carbonyl (C=O) groups excluding carboxylic acids is 1. The number of aryl methyl sites for hydroxylation is 1. The average Bonchev–Trinajstić information content (AvgIpc) is 2.68. The van der Waals surface area contributed by atoms with Crippen LogP contribution in [-0.2, 0) is 0 Å². The van der Waals surface area contributed by atoms with Crippen LogP contribution in [0.2, 0.25) is 0 Å². The van der Waals surface area contributed by atoms with Crippen molar-refractivity contribution in [2.75, 3.05) is 5.32 Å². The molecule has 2 heterocycles. The van der Waals surface area contributed by atoms with E-state index in [-0.39, 0.29) is 11.7 Å². The van der Waals surface area contributed by atoms with E-state index in [4.69, 9.17) is 0 Å². The lowest BCUT2D eigenvalue weighted by atomic mass is 10.4. The van der Waals surface area contributed by atoms with Crippen molar-refractivity contribution in [3.05, 3.63) is 34.6 Å². The Morgan fingerprint density at radius 1 is 1.56 bits per heavy atom. The van der Waals surface area contributed by atoms with Gasteiger partial charge in [-0.3, -0.25) is 14.9 Å². The molecule has 6 nitrogen and oxygen atoms in total. The van der Waals surface area contributed by atoms with E-state index in [1.165, 1.54) is 0 Å². The zero-order chi connectivity index (χ0) is 11.5. The summed E-state index contributed by atoms with van der Waals surface area (Å²) < 4.78 is 0.704. The number of aromatic amines is 1. The number of hydrogen-bond acceptors (Lipinski definition) is 4. The molecule has 0 spiro atoms. The first-order valence-corrected chi connectivity index (χ1v) is 5.26. The van der Waals surface area contributed by atoms with Gasteiger partial charge in [0.05, 0.1) is 10.2 Å². The van der Waals surface area contributed by atoms with Crippen LogP contribution >= 0.6 is 15.9 Å². The minimum atomic E-state index is -0.365. The van der Waals surface area contributed by atoms with E-state index >= 15 is 0 Å². The van der Waals surface area contributed by atoms with Gasteiger partial charge in [0.15, 0.2) is 0 Å². The molecular formula is C9H8BrN5O. The molecule has 1 amide bonds. The lowest BCUT2D eigenvalue weighted by Gasteiger charge is -2.03. The summed E-state index contributed by atoms with van der Waals surface area (Å²) in [4.78, 5) is 19.5. The van der Waals surface area contributed by atoms with Crippen LogP contribution in [0.3, 0.4) is 0 Å². The number of nitrogens with zero attached hydrogens (tertiary/aromatic N) is 3. The van der Waals surface area contributed by atoms with Gasteiger partial charge in [0.1, 0.15) is 5.82 Å². The third-order valence-electron chi connectivity index (χ3n) is 1.82. The topological polar surface area (TPSA) is 83.6 Å². The predicted octanol–water partition coefficient (Wildman–Crippen LogP) is 1.52. The van der Waals surface area contributed by atoms with Crippen LogP contribution in [0.15, 0.2) is 22.9 Å². The fourth-order valence-corrected chi connectivity index (χ4v) is 1.45. The molecule has 0 saturated heterocycles. The number of carbonyl (C=O) groups is 1. The van der Waals surface area contributed by atoms with Gasteiger partial charge in [0.25, 0.3) is 5.91 Å². The number of pyridine rings is 1. The molecule has 7 heteroatoms. The average molecular weight is 282 g/mol. The van der Waals surface area contributed by atoms with E-state index in [1.807, 2.05) is 0 Å². The Labute approximate surface area is 99.6 Å². The Hall–Kier alpha value is -1.76. The summed E-state index contributed by atoms with van der Waals surface area (Å²) in [6.07, 6.45) is 3.18. The molecule has 2 aromatic rings. The van der Waals surface area contributed by atoms with Crippen LogP contribution in [0, 0.1) is 6.92 Å². The molecule has 82 valence electrons. The second-order valence-electron chi connectivity index (χ2n) is 3.05. The lowest BCUT2D eigenvalue weighted by molar-refractivity contribution is 0.101. The largest absolute Gasteiger partial charge is 0.318 e. The van der Waals surface area contributed by atoms with Gasteiger partial charge in [-0.05, 0) is 28.9 Å². The molecule has 0 aliphatic heterocycles. The molecule has 0 bridgehead atoms. The zero-order valence-corrected chi connectivity index (χ0v) is 9.95. The standard InChI is InChI=1S/C9H8BrN5O/c1-5-12-8(15-14-5)9(16)13-7-2-3-11-4-6(7)10/h2-4H,1H3,(H,11,13,16)(H,12,14,15). The Balaban J connectivity index is 2.17. The second-order valence-corrected chi connectivity index (χ2v) is 3.91. The van der Waals surface area contributed by atoms with E-state index in [9.17, 15) is 4.79 Å². The van der Waals surface area contributed by atoms with Gasteiger partial charge in [-0.2, -0.15) is 0 Å². The van der Waals surface area contributed by atoms with Crippen molar-refractivity contribution in [1.82, 2.24) is 20.2 Å². The zero-order valence-electron chi connectivity index (χ0n) is 8.36. The van der Waals surface area contributed by atoms with Crippen LogP contribution < -0.4 is 5.32 Å². The van der Waals surface area contributed by atoms with E-state index in [0.29, 0.717) is 16.0 Å². The molecule has 16 heavy (non-hydrogen) atoms. The maximum Gasteiger partial charge on any atom is 0.295 e. The van der Waals surface area contributed by atoms with Gasteiger partial charge < -0.3 is 5.32 Å². The van der Waals surface area contributed by atoms with Gasteiger partial charge in [0, 0.05) is 12.4 Å². The maximum atomic E-state index is 11.7. The van der Waals surface area contributed by atoms with E-state index in [1.54, 1.807) is 25.4 Å². The number of hydrogen-bond donors (Lipinski definition) is 2. The van der Waals surface area contributed by atoms with Gasteiger partial charge in [-0.1, -0.05) is 0 Å². The van der Waals surface area contributed by atoms with Crippen molar-refractivity contribution in [3.8, 4) is 0 Å². The minimum absolute atomic E-state index is 0.112. The molecule has 0 radical (unpaired) electrons. The van der Waals surface area contributed by atoms with Crippen molar-refractivity contribution >= 4 is 27.5 Å². The van der Waals surface area contributed by atoms with Crippen molar-refractivity contribution in [1.29, 1.82) is 0 Å². The highest BCUT2D eigenvalue weighted by molar-refractivity contribution is 9.10. The third kappa shape index (κ3) is 2.25. The highest BCUT2D eigenvalue weighted by Gasteiger charge is 2.12. The molecule has 2 rings (SSSR count). The number of H-pyrrole nitrogens is 1. The van der Waals surface area contributed by atoms with Gasteiger partial charge in [-0.25, -0.2) is 4.98 Å². The molecule has 0 aromatic carbocycles. The van der Waals surface area contributed by atoms with Crippen molar-refractivity contribution < 1.29 is 4.79 Å². The number of anilines is 1. The third-order valence-corrected chi connectivity index (χ3v) is 2.45. The van der Waals surface area contributed by atoms with Crippen LogP contribution in [0.4, 0.5) is 5.69 Å². The maximum absolute atomic E-state index is 11.7. The van der Waals surface area contributed by atoms with E-state index < -0.39 is 0 Å². The molecule has 0 aliphatic rings. The van der Waals surface area contributed by atoms with Crippen LogP contribution in [0.1, 0.15) is 16.4 Å². The number of amides is 1. The summed E-state index contributed by atoms with van der Waals surface area (Å²) in [6, 6.07) is 1.68. The fourth-order valence-electron chi connectivity index (χ4n) is 1.10. The Kier molecular flexibility index (Phi) is 2.95. The first kappa shape index (κ1) is 10.7. The van der Waals surface area contributed by atoms with Gasteiger partial charge in [0.2, 0.25) is 5.82 Å². The van der Waals surface area contributed by atoms with Crippen molar-refractivity contribution in [3.63, 3.8) is 0 Å². The van der Waals surface area contributed by atoms with Crippen molar-refractivity contribution in [2.45, 2.75) is 6.92 Å². The monoisotopic (exact) mass is 281 g/mol. The fraction of sp³-hybridized carbons (Fsp3) is 0.111. The Morgan fingerprint density at radius 2 is 2.38 bits per heavy atom. The predicted molar refractivity (Wildman–Crippen MR) is 61.0 cm³/mol. The number of aromatic nitrogens is 4. The molecule has 0 fully saturated rings. The summed E-state index contributed by atoms with van der Waals surface area (Å²) >= 11 is 3.28. The Morgan fingerprint density at radius 3 is 3.00 bits per heavy atom. The second kappa shape index (κ2) is 4.40. The number of nitrogens with one attached hydrogen (secondary N) is 2. The van der Waals surface area contributed by atoms with E-state index in [2.05, 4.69) is 41.4 Å². The first-order chi connectivity index (χ1) is 7.66. The quantitative estimate of drug-likeness (QED) is 0.874. The summed E-state index contributed by atoms with van der Waals surface area (Å²) in [5.41, 5.74) is 0.627. The molecule has 0 saturated carbocycles. The smallest absolute Gasteiger partial charge is 0.295 e. The molecule has 0 atom stereocenters. The summed E-state index contributed by atoms with van der Waals surface area (Å²) in [5, 5.41) is 9.04. The number of rotatable bonds is 2. The van der Waals surface area contributed by atoms with Crippen LogP contribution in [0.25, 0.3) is 0 Å². The normalized spacial score (nSPS) is 10.1. The van der Waals surface area contributed by atoms with Gasteiger partial charge in [-0.15, -0.1) is 5.10 Å². The summed E-state index contributed by atoms with van der Waals surface area (Å²) in [6.45, 7) is 1.73. The number of halogens is 1. The molecule has 2 N–H and O–H groups in total. The highest BCUT2D eigenvalue weighted by Crippen LogP contribution is 2.20. The summed E-state index contributed by atoms with van der Waals surface area (Å²) in [5.74, 6) is 0.344. The lowest BCUT2D eigenvalue weighted by Crippen LogP contribution is -2.14. The molecule has 0 unspecified atom stereocenters.